The van der Waals surface area contributed by atoms with Crippen molar-refractivity contribution in [2.75, 3.05) is 13.2 Å². The lowest BCUT2D eigenvalue weighted by molar-refractivity contribution is -0.140. The maximum absolute atomic E-state index is 12.0. The Morgan fingerprint density at radius 3 is 2.53 bits per heavy atom. The van der Waals surface area contributed by atoms with Crippen LogP contribution in [0, 0.1) is 5.92 Å². The van der Waals surface area contributed by atoms with Crippen molar-refractivity contribution >= 4 is 16.0 Å². The molecule has 17 heavy (non-hydrogen) atoms. The first-order valence-electron chi connectivity index (χ1n) is 5.66. The highest BCUT2D eigenvalue weighted by Crippen LogP contribution is 2.15. The summed E-state index contributed by atoms with van der Waals surface area (Å²) in [7, 11) is -3.63. The topological polar surface area (TPSA) is 92.7 Å². The molecule has 0 saturated carbocycles. The van der Waals surface area contributed by atoms with E-state index in [9.17, 15) is 13.2 Å². The molecule has 1 rings (SSSR count). The molecule has 0 aromatic rings. The van der Waals surface area contributed by atoms with Crippen LogP contribution in [0.3, 0.4) is 0 Å². The second-order valence-electron chi connectivity index (χ2n) is 4.56. The van der Waals surface area contributed by atoms with Crippen molar-refractivity contribution in [2.24, 2.45) is 5.92 Å². The van der Waals surface area contributed by atoms with Gasteiger partial charge >= 0.3 is 5.97 Å². The lowest BCUT2D eigenvalue weighted by Crippen LogP contribution is -2.49. The Balaban J connectivity index is 2.73. The van der Waals surface area contributed by atoms with Crippen LogP contribution in [0.5, 0.6) is 0 Å². The summed E-state index contributed by atoms with van der Waals surface area (Å²) in [5.41, 5.74) is 0. The molecule has 0 bridgehead atoms. The van der Waals surface area contributed by atoms with E-state index < -0.39 is 27.3 Å². The molecule has 0 aliphatic carbocycles. The van der Waals surface area contributed by atoms with E-state index in [0.717, 1.165) is 0 Å². The molecule has 1 saturated heterocycles. The van der Waals surface area contributed by atoms with E-state index in [4.69, 9.17) is 9.84 Å². The maximum Gasteiger partial charge on any atom is 0.321 e. The summed E-state index contributed by atoms with van der Waals surface area (Å²) in [5.74, 6) is -1.45. The second kappa shape index (κ2) is 5.79. The van der Waals surface area contributed by atoms with Crippen molar-refractivity contribution in [3.05, 3.63) is 0 Å². The maximum atomic E-state index is 12.0. The van der Waals surface area contributed by atoms with Gasteiger partial charge in [0.25, 0.3) is 0 Å². The Labute approximate surface area is 101 Å². The van der Waals surface area contributed by atoms with Crippen molar-refractivity contribution < 1.29 is 23.1 Å². The number of nitrogens with one attached hydrogen (secondary N) is 1. The van der Waals surface area contributed by atoms with E-state index in [1.54, 1.807) is 13.8 Å². The lowest BCUT2D eigenvalue weighted by atomic mass is 10.1. The number of carbonyl (C=O) groups is 1. The number of carboxylic acid groups (broad SMARTS) is 1. The highest BCUT2D eigenvalue weighted by Gasteiger charge is 2.33. The molecule has 100 valence electrons. The van der Waals surface area contributed by atoms with Gasteiger partial charge in [0.1, 0.15) is 6.04 Å². The number of carboxylic acids is 1. The first-order chi connectivity index (χ1) is 7.84. The van der Waals surface area contributed by atoms with Gasteiger partial charge < -0.3 is 9.84 Å². The second-order valence-corrected chi connectivity index (χ2v) is 6.55. The SMILES string of the molecule is CC(C)[C@@H](NS(=O)(=O)C1CCCOC1)C(=O)O. The summed E-state index contributed by atoms with van der Waals surface area (Å²) in [6.45, 7) is 4.04. The molecule has 0 radical (unpaired) electrons. The number of aliphatic carboxylic acids is 1. The molecule has 1 aliphatic heterocycles. The average molecular weight is 265 g/mol. The van der Waals surface area contributed by atoms with Crippen molar-refractivity contribution in [1.29, 1.82) is 0 Å². The Morgan fingerprint density at radius 2 is 2.12 bits per heavy atom. The lowest BCUT2D eigenvalue weighted by Gasteiger charge is -2.25. The highest BCUT2D eigenvalue weighted by molar-refractivity contribution is 7.90. The van der Waals surface area contributed by atoms with Crippen LogP contribution < -0.4 is 4.72 Å². The van der Waals surface area contributed by atoms with Gasteiger partial charge in [-0.15, -0.1) is 0 Å². The van der Waals surface area contributed by atoms with Gasteiger partial charge in [0.2, 0.25) is 10.0 Å². The van der Waals surface area contributed by atoms with Crippen LogP contribution in [0.15, 0.2) is 0 Å². The van der Waals surface area contributed by atoms with Crippen LogP contribution in [-0.2, 0) is 19.6 Å². The fraction of sp³-hybridized carbons (Fsp3) is 0.900. The summed E-state index contributed by atoms with van der Waals surface area (Å²) in [6.07, 6.45) is 1.20. The van der Waals surface area contributed by atoms with Crippen molar-refractivity contribution in [3.8, 4) is 0 Å². The average Bonchev–Trinajstić information content (AvgIpc) is 2.26. The minimum Gasteiger partial charge on any atom is -0.480 e. The molecule has 1 heterocycles. The molecule has 0 aromatic carbocycles. The number of rotatable bonds is 5. The van der Waals surface area contributed by atoms with Gasteiger partial charge in [0, 0.05) is 6.61 Å². The van der Waals surface area contributed by atoms with E-state index >= 15 is 0 Å². The van der Waals surface area contributed by atoms with Gasteiger partial charge in [-0.1, -0.05) is 13.8 Å². The number of hydrogen-bond acceptors (Lipinski definition) is 4. The van der Waals surface area contributed by atoms with Gasteiger partial charge in [0.05, 0.1) is 11.9 Å². The molecule has 6 nitrogen and oxygen atoms in total. The highest BCUT2D eigenvalue weighted by atomic mass is 32.2. The number of sulfonamides is 1. The van der Waals surface area contributed by atoms with Crippen molar-refractivity contribution in [2.45, 2.75) is 38.0 Å². The van der Waals surface area contributed by atoms with Crippen LogP contribution in [0.1, 0.15) is 26.7 Å². The summed E-state index contributed by atoms with van der Waals surface area (Å²) in [6, 6.07) is -1.08. The van der Waals surface area contributed by atoms with E-state index in [0.29, 0.717) is 19.4 Å². The molecule has 2 atom stereocenters. The van der Waals surface area contributed by atoms with Crippen molar-refractivity contribution in [1.82, 2.24) is 4.72 Å². The predicted octanol–water partition coefficient (Wildman–Crippen LogP) is 0.194. The molecule has 0 amide bonds. The fourth-order valence-corrected chi connectivity index (χ4v) is 3.37. The summed E-state index contributed by atoms with van der Waals surface area (Å²) < 4.78 is 31.3. The molecular formula is C10H19NO5S. The zero-order valence-corrected chi connectivity index (χ0v) is 10.9. The van der Waals surface area contributed by atoms with E-state index in [-0.39, 0.29) is 12.5 Å². The van der Waals surface area contributed by atoms with Gasteiger partial charge in [0.15, 0.2) is 0 Å². The minimum absolute atomic E-state index is 0.139. The van der Waals surface area contributed by atoms with Crippen LogP contribution in [-0.4, -0.2) is 44.0 Å². The van der Waals surface area contributed by atoms with E-state index in [1.807, 2.05) is 0 Å². The third kappa shape index (κ3) is 3.93. The van der Waals surface area contributed by atoms with E-state index in [2.05, 4.69) is 4.72 Å². The number of ether oxygens (including phenoxy) is 1. The first kappa shape index (κ1) is 14.4. The van der Waals surface area contributed by atoms with Gasteiger partial charge in [-0.3, -0.25) is 4.79 Å². The van der Waals surface area contributed by atoms with Gasteiger partial charge in [-0.2, -0.15) is 0 Å². The Morgan fingerprint density at radius 1 is 1.47 bits per heavy atom. The first-order valence-corrected chi connectivity index (χ1v) is 7.21. The summed E-state index contributed by atoms with van der Waals surface area (Å²) in [4.78, 5) is 10.9. The summed E-state index contributed by atoms with van der Waals surface area (Å²) in [5, 5.41) is 8.31. The largest absolute Gasteiger partial charge is 0.480 e. The fourth-order valence-electron chi connectivity index (χ4n) is 1.70. The molecule has 1 fully saturated rings. The van der Waals surface area contributed by atoms with Crippen LogP contribution >= 0.6 is 0 Å². The Hall–Kier alpha value is -0.660. The summed E-state index contributed by atoms with van der Waals surface area (Å²) >= 11 is 0. The smallest absolute Gasteiger partial charge is 0.321 e. The zero-order valence-electron chi connectivity index (χ0n) is 10.0. The molecule has 7 heteroatoms. The third-order valence-corrected chi connectivity index (χ3v) is 4.61. The Bertz CT molecular complexity index is 359. The van der Waals surface area contributed by atoms with Gasteiger partial charge in [-0.25, -0.2) is 13.1 Å². The molecule has 2 N–H and O–H groups in total. The quantitative estimate of drug-likeness (QED) is 0.740. The zero-order chi connectivity index (χ0) is 13.1. The Kier molecular flexibility index (Phi) is 4.91. The molecule has 1 aliphatic rings. The standard InChI is InChI=1S/C10H19NO5S/c1-7(2)9(10(12)13)11-17(14,15)8-4-3-5-16-6-8/h7-9,11H,3-6H2,1-2H3,(H,12,13)/t8?,9-/m1/s1. The van der Waals surface area contributed by atoms with Crippen LogP contribution in [0.4, 0.5) is 0 Å². The van der Waals surface area contributed by atoms with E-state index in [1.165, 1.54) is 0 Å². The molecule has 0 spiro atoms. The molecular weight excluding hydrogens is 246 g/mol. The number of hydrogen-bond donors (Lipinski definition) is 2. The monoisotopic (exact) mass is 265 g/mol. The third-order valence-electron chi connectivity index (χ3n) is 2.78. The predicted molar refractivity (Wildman–Crippen MR) is 62.2 cm³/mol. The normalized spacial score (nSPS) is 23.6. The molecule has 0 aromatic heterocycles. The molecule has 1 unspecified atom stereocenters. The van der Waals surface area contributed by atoms with Crippen LogP contribution in [0.25, 0.3) is 0 Å². The minimum atomic E-state index is -3.63. The van der Waals surface area contributed by atoms with Crippen molar-refractivity contribution in [3.63, 3.8) is 0 Å². The van der Waals surface area contributed by atoms with Gasteiger partial charge in [-0.05, 0) is 18.8 Å². The van der Waals surface area contributed by atoms with Crippen LogP contribution in [0.2, 0.25) is 0 Å².